The second-order valence-electron chi connectivity index (χ2n) is 8.35. The fraction of sp³-hybridized carbons (Fsp3) is 0.905. The molecule has 0 heterocycles. The van der Waals surface area contributed by atoms with Gasteiger partial charge in [0.15, 0.2) is 0 Å². The molecule has 0 aromatic carbocycles. The van der Waals surface area contributed by atoms with E-state index in [4.69, 9.17) is 4.74 Å². The van der Waals surface area contributed by atoms with Crippen LogP contribution in [-0.4, -0.2) is 30.7 Å². The molecule has 0 radical (unpaired) electrons. The molecule has 5 nitrogen and oxygen atoms in total. The lowest BCUT2D eigenvalue weighted by Gasteiger charge is -2.34. The highest BCUT2D eigenvalue weighted by Gasteiger charge is 2.28. The highest BCUT2D eigenvalue weighted by atomic mass is 16.5. The normalized spacial score (nSPS) is 30.3. The van der Waals surface area contributed by atoms with Crippen LogP contribution in [0.1, 0.15) is 85.0 Å². The predicted molar refractivity (Wildman–Crippen MR) is 104 cm³/mol. The van der Waals surface area contributed by atoms with E-state index < -0.39 is 0 Å². The van der Waals surface area contributed by atoms with Crippen molar-refractivity contribution < 1.29 is 14.3 Å². The second kappa shape index (κ2) is 10.8. The number of hydrogen-bond acceptors (Lipinski definition) is 3. The molecule has 0 bridgehead atoms. The van der Waals surface area contributed by atoms with Gasteiger partial charge >= 0.3 is 6.09 Å². The lowest BCUT2D eigenvalue weighted by molar-refractivity contribution is -0.125. The summed E-state index contributed by atoms with van der Waals surface area (Å²) < 4.78 is 4.97. The van der Waals surface area contributed by atoms with E-state index in [2.05, 4.69) is 17.6 Å². The molecule has 2 saturated carbocycles. The highest BCUT2D eigenvalue weighted by molar-refractivity contribution is 5.78. The first-order chi connectivity index (χ1) is 12.5. The molecule has 0 saturated heterocycles. The Bertz CT molecular complexity index is 439. The van der Waals surface area contributed by atoms with Gasteiger partial charge in [0.1, 0.15) is 0 Å². The molecule has 1 unspecified atom stereocenters. The summed E-state index contributed by atoms with van der Waals surface area (Å²) in [5.74, 6) is 1.97. The predicted octanol–water partition coefficient (Wildman–Crippen LogP) is 4.40. The fourth-order valence-electron chi connectivity index (χ4n) is 4.42. The number of amides is 2. The van der Waals surface area contributed by atoms with Gasteiger partial charge in [0.05, 0.1) is 6.61 Å². The molecule has 2 N–H and O–H groups in total. The summed E-state index contributed by atoms with van der Waals surface area (Å²) in [6, 6.07) is 0.675. The van der Waals surface area contributed by atoms with Crippen molar-refractivity contribution in [3.63, 3.8) is 0 Å². The minimum Gasteiger partial charge on any atom is -0.450 e. The lowest BCUT2D eigenvalue weighted by atomic mass is 9.75. The maximum atomic E-state index is 12.0. The van der Waals surface area contributed by atoms with Gasteiger partial charge < -0.3 is 15.4 Å². The zero-order valence-electron chi connectivity index (χ0n) is 16.9. The van der Waals surface area contributed by atoms with E-state index in [9.17, 15) is 9.59 Å². The van der Waals surface area contributed by atoms with Gasteiger partial charge in [0, 0.05) is 18.0 Å². The van der Waals surface area contributed by atoms with Crippen molar-refractivity contribution in [2.24, 2.45) is 17.8 Å². The van der Waals surface area contributed by atoms with Crippen molar-refractivity contribution in [2.75, 3.05) is 6.61 Å². The molecular weight excluding hydrogens is 328 g/mol. The van der Waals surface area contributed by atoms with E-state index in [0.29, 0.717) is 12.6 Å². The van der Waals surface area contributed by atoms with Crippen LogP contribution in [-0.2, 0) is 9.53 Å². The Labute approximate surface area is 159 Å². The third kappa shape index (κ3) is 6.81. The minimum atomic E-state index is -0.270. The molecule has 1 atom stereocenters. The van der Waals surface area contributed by atoms with Crippen LogP contribution in [0.2, 0.25) is 0 Å². The fourth-order valence-corrected chi connectivity index (χ4v) is 4.42. The monoisotopic (exact) mass is 366 g/mol. The van der Waals surface area contributed by atoms with Crippen LogP contribution in [0.15, 0.2) is 0 Å². The second-order valence-corrected chi connectivity index (χ2v) is 8.35. The zero-order valence-corrected chi connectivity index (χ0v) is 16.9. The van der Waals surface area contributed by atoms with Crippen LogP contribution in [0.5, 0.6) is 0 Å². The largest absolute Gasteiger partial charge is 0.450 e. The number of rotatable bonds is 7. The lowest BCUT2D eigenvalue weighted by Crippen LogP contribution is -2.40. The Kier molecular flexibility index (Phi) is 8.73. The van der Waals surface area contributed by atoms with Crippen LogP contribution >= 0.6 is 0 Å². The highest BCUT2D eigenvalue weighted by Crippen LogP contribution is 2.35. The average Bonchev–Trinajstić information content (AvgIpc) is 2.64. The van der Waals surface area contributed by atoms with Crippen LogP contribution in [0, 0.1) is 17.8 Å². The first-order valence-electron chi connectivity index (χ1n) is 10.7. The Morgan fingerprint density at radius 2 is 1.38 bits per heavy atom. The van der Waals surface area contributed by atoms with Gasteiger partial charge in [-0.1, -0.05) is 13.8 Å². The average molecular weight is 367 g/mol. The molecule has 0 aliphatic heterocycles. The summed E-state index contributed by atoms with van der Waals surface area (Å²) in [6.45, 7) is 6.34. The summed E-state index contributed by atoms with van der Waals surface area (Å²) in [5.41, 5.74) is 0. The van der Waals surface area contributed by atoms with Crippen molar-refractivity contribution in [3.8, 4) is 0 Å². The number of nitrogens with one attached hydrogen (secondary N) is 2. The van der Waals surface area contributed by atoms with E-state index in [-0.39, 0.29) is 24.0 Å². The van der Waals surface area contributed by atoms with Crippen molar-refractivity contribution in [1.29, 1.82) is 0 Å². The first kappa shape index (κ1) is 21.0. The molecule has 2 aliphatic carbocycles. The first-order valence-corrected chi connectivity index (χ1v) is 10.7. The van der Waals surface area contributed by atoms with Crippen molar-refractivity contribution in [3.05, 3.63) is 0 Å². The van der Waals surface area contributed by atoms with Crippen molar-refractivity contribution in [2.45, 2.75) is 97.1 Å². The third-order valence-corrected chi connectivity index (χ3v) is 6.36. The quantitative estimate of drug-likeness (QED) is 0.701. The molecule has 2 aliphatic rings. The van der Waals surface area contributed by atoms with Gasteiger partial charge in [0.2, 0.25) is 5.91 Å². The molecule has 0 aromatic rings. The Morgan fingerprint density at radius 3 is 1.85 bits per heavy atom. The summed E-state index contributed by atoms with van der Waals surface area (Å²) in [5, 5.41) is 6.22. The maximum Gasteiger partial charge on any atom is 0.407 e. The zero-order chi connectivity index (χ0) is 18.9. The van der Waals surface area contributed by atoms with Gasteiger partial charge in [-0.3, -0.25) is 4.79 Å². The smallest absolute Gasteiger partial charge is 0.407 e. The molecule has 26 heavy (non-hydrogen) atoms. The SMILES string of the molecule is CCOC(=O)NC1CCC(CC2CCC(NC(=O)C(C)CC)CC2)CC1. The van der Waals surface area contributed by atoms with E-state index in [1.54, 1.807) is 0 Å². The Hall–Kier alpha value is -1.26. The molecule has 0 aromatic heterocycles. The van der Waals surface area contributed by atoms with Crippen LogP contribution < -0.4 is 10.6 Å². The molecular formula is C21H38N2O3. The topological polar surface area (TPSA) is 67.4 Å². The van der Waals surface area contributed by atoms with Gasteiger partial charge in [-0.25, -0.2) is 4.79 Å². The number of ether oxygens (including phenoxy) is 1. The maximum absolute atomic E-state index is 12.0. The summed E-state index contributed by atoms with van der Waals surface area (Å²) in [4.78, 5) is 23.6. The minimum absolute atomic E-state index is 0.131. The van der Waals surface area contributed by atoms with Crippen LogP contribution in [0.25, 0.3) is 0 Å². The van der Waals surface area contributed by atoms with Gasteiger partial charge in [-0.05, 0) is 83.0 Å². The van der Waals surface area contributed by atoms with Gasteiger partial charge in [-0.2, -0.15) is 0 Å². The van der Waals surface area contributed by atoms with E-state index in [0.717, 1.165) is 43.9 Å². The Morgan fingerprint density at radius 1 is 0.885 bits per heavy atom. The standard InChI is InChI=1S/C21H38N2O3/c1-4-15(3)20(24)22-18-10-6-16(7-11-18)14-17-8-12-19(13-9-17)23-21(25)26-5-2/h15-19H,4-14H2,1-3H3,(H,22,24)(H,23,25). The van der Waals surface area contributed by atoms with Gasteiger partial charge in [-0.15, -0.1) is 0 Å². The molecule has 2 fully saturated rings. The number of alkyl carbamates (subject to hydrolysis) is 1. The van der Waals surface area contributed by atoms with Crippen molar-refractivity contribution >= 4 is 12.0 Å². The third-order valence-electron chi connectivity index (χ3n) is 6.36. The molecule has 2 rings (SSSR count). The van der Waals surface area contributed by atoms with Crippen LogP contribution in [0.3, 0.4) is 0 Å². The van der Waals surface area contributed by atoms with Crippen molar-refractivity contribution in [1.82, 2.24) is 10.6 Å². The van der Waals surface area contributed by atoms with E-state index >= 15 is 0 Å². The number of carbonyl (C=O) groups is 2. The number of hydrogen-bond donors (Lipinski definition) is 2. The summed E-state index contributed by atoms with van der Waals surface area (Å²) in [7, 11) is 0. The number of carbonyl (C=O) groups excluding carboxylic acids is 2. The van der Waals surface area contributed by atoms with E-state index in [1.165, 1.54) is 32.1 Å². The molecule has 2 amide bonds. The van der Waals surface area contributed by atoms with E-state index in [1.807, 2.05) is 13.8 Å². The van der Waals surface area contributed by atoms with Gasteiger partial charge in [0.25, 0.3) is 0 Å². The molecule has 0 spiro atoms. The molecule has 5 heteroatoms. The summed E-state index contributed by atoms with van der Waals surface area (Å²) in [6.07, 6.45) is 11.3. The van der Waals surface area contributed by atoms with Crippen LogP contribution in [0.4, 0.5) is 4.79 Å². The molecule has 150 valence electrons. The Balaban J connectivity index is 1.61. The summed E-state index contributed by atoms with van der Waals surface area (Å²) >= 11 is 0.